The van der Waals surface area contributed by atoms with Crippen molar-refractivity contribution in [2.75, 3.05) is 31.1 Å². The van der Waals surface area contributed by atoms with Gasteiger partial charge in [0.2, 0.25) is 5.91 Å². The maximum atomic E-state index is 14.7. The number of aliphatic hydroxyl groups is 1. The van der Waals surface area contributed by atoms with Crippen LogP contribution in [-0.4, -0.2) is 54.0 Å². The molecule has 0 spiro atoms. The van der Waals surface area contributed by atoms with E-state index in [9.17, 15) is 27.9 Å². The number of carbonyl (C=O) groups is 2. The molecule has 4 unspecified atom stereocenters. The van der Waals surface area contributed by atoms with Crippen LogP contribution in [0.25, 0.3) is 0 Å². The van der Waals surface area contributed by atoms with Crippen LogP contribution in [0.2, 0.25) is 0 Å². The number of alkyl halides is 3. The van der Waals surface area contributed by atoms with E-state index in [0.29, 0.717) is 32.6 Å². The second-order valence-electron chi connectivity index (χ2n) is 19.0. The molecule has 1 saturated heterocycles. The number of anilines is 1. The van der Waals surface area contributed by atoms with Crippen LogP contribution in [0.3, 0.4) is 0 Å². The van der Waals surface area contributed by atoms with Crippen LogP contribution in [0.5, 0.6) is 0 Å². The summed E-state index contributed by atoms with van der Waals surface area (Å²) in [4.78, 5) is 32.7. The summed E-state index contributed by atoms with van der Waals surface area (Å²) in [6.07, 6.45) is 5.20. The number of para-hydroxylation sites is 1. The first-order valence-corrected chi connectivity index (χ1v) is 18.9. The molecular formula is C41H57F3N2O3. The van der Waals surface area contributed by atoms with Crippen molar-refractivity contribution in [3.05, 3.63) is 41.5 Å². The number of fused-ring (bicyclic) bond motifs is 7. The Morgan fingerprint density at radius 3 is 2.18 bits per heavy atom. The minimum atomic E-state index is -4.43. The summed E-state index contributed by atoms with van der Waals surface area (Å²) in [7, 11) is 0. The van der Waals surface area contributed by atoms with Crippen LogP contribution in [-0.2, 0) is 15.8 Å². The molecule has 1 aromatic carbocycles. The minimum Gasteiger partial charge on any atom is -0.393 e. The molecule has 8 heteroatoms. The summed E-state index contributed by atoms with van der Waals surface area (Å²) in [6, 6.07) is 5.71. The van der Waals surface area contributed by atoms with Crippen LogP contribution in [0.15, 0.2) is 35.9 Å². The van der Waals surface area contributed by atoms with Gasteiger partial charge < -0.3 is 14.9 Å². The van der Waals surface area contributed by atoms with E-state index in [1.807, 2.05) is 11.0 Å². The van der Waals surface area contributed by atoms with Gasteiger partial charge in [0.25, 0.3) is 0 Å². The number of allylic oxidation sites excluding steroid dienone is 2. The monoisotopic (exact) mass is 682 g/mol. The molecule has 1 heterocycles. The highest BCUT2D eigenvalue weighted by atomic mass is 19.4. The molecule has 7 rings (SSSR count). The van der Waals surface area contributed by atoms with Crippen LogP contribution < -0.4 is 4.90 Å². The summed E-state index contributed by atoms with van der Waals surface area (Å²) in [5.41, 5.74) is -0.711. The van der Waals surface area contributed by atoms with Gasteiger partial charge in [0.1, 0.15) is 0 Å². The third-order valence-corrected chi connectivity index (χ3v) is 16.1. The van der Waals surface area contributed by atoms with Gasteiger partial charge in [0.05, 0.1) is 11.7 Å². The van der Waals surface area contributed by atoms with Crippen molar-refractivity contribution in [1.82, 2.24) is 4.90 Å². The largest absolute Gasteiger partial charge is 0.418 e. The number of benzene rings is 1. The predicted octanol–water partition coefficient (Wildman–Crippen LogP) is 8.70. The molecule has 6 aliphatic rings. The van der Waals surface area contributed by atoms with Crippen molar-refractivity contribution in [3.63, 3.8) is 0 Å². The lowest BCUT2D eigenvalue weighted by Crippen LogP contribution is -2.68. The third-order valence-electron chi connectivity index (χ3n) is 16.1. The average Bonchev–Trinajstić information content (AvgIpc) is 3.04. The molecule has 0 aromatic heterocycles. The standard InChI is InChI=1S/C41H57F3N2O3/c1-35(2)14-13-32(48)40(7)31(35)12-15-39(6)33(40)30(47)24-27-28-25-37(4,17-16-36(28,3)18-19-38(27,39)5)34(49)46-22-20-45(21-23-46)29-11-9-8-10-26(29)41(42,43)44/h8-11,24,28,31-33,48H,12-23,25H2,1-7H3/t28-,31?,32?,33?,36+,37?,38+,39+,40+/m0/s1. The van der Waals surface area contributed by atoms with E-state index in [2.05, 4.69) is 48.5 Å². The van der Waals surface area contributed by atoms with Gasteiger partial charge in [0.15, 0.2) is 5.78 Å². The summed E-state index contributed by atoms with van der Waals surface area (Å²) in [5, 5.41) is 11.7. The van der Waals surface area contributed by atoms with Gasteiger partial charge in [0, 0.05) is 48.6 Å². The van der Waals surface area contributed by atoms with Gasteiger partial charge in [-0.25, -0.2) is 0 Å². The molecule has 5 fully saturated rings. The molecule has 9 atom stereocenters. The smallest absolute Gasteiger partial charge is 0.393 e. The lowest BCUT2D eigenvalue weighted by Gasteiger charge is -2.70. The number of piperazine rings is 1. The quantitative estimate of drug-likeness (QED) is 0.339. The van der Waals surface area contributed by atoms with E-state index in [0.717, 1.165) is 57.4 Å². The number of rotatable bonds is 2. The number of aliphatic hydroxyl groups excluding tert-OH is 1. The molecule has 0 radical (unpaired) electrons. The van der Waals surface area contributed by atoms with Gasteiger partial charge in [-0.1, -0.05) is 66.2 Å². The Balaban J connectivity index is 1.16. The van der Waals surface area contributed by atoms with Crippen LogP contribution in [0.4, 0.5) is 18.9 Å². The second kappa shape index (κ2) is 11.1. The van der Waals surface area contributed by atoms with Crippen molar-refractivity contribution in [1.29, 1.82) is 0 Å². The van der Waals surface area contributed by atoms with E-state index in [-0.39, 0.29) is 56.8 Å². The van der Waals surface area contributed by atoms with Crippen LogP contribution in [0, 0.1) is 50.2 Å². The molecule has 5 aliphatic carbocycles. The SMILES string of the molecule is CC1(C(=O)N2CCN(c3ccccc3C(F)(F)F)CC2)CC[C@]2(C)CC[C@]3(C)C(=CC(=O)C4[C@@]5(C)C(O)CCC(C)(C)C5CC[C@]43C)[C@@H]2C1. The van der Waals surface area contributed by atoms with Crippen molar-refractivity contribution >= 4 is 17.4 Å². The third kappa shape index (κ3) is 4.94. The Morgan fingerprint density at radius 2 is 1.51 bits per heavy atom. The van der Waals surface area contributed by atoms with Crippen molar-refractivity contribution in [2.45, 2.75) is 119 Å². The van der Waals surface area contributed by atoms with Gasteiger partial charge in [-0.15, -0.1) is 0 Å². The highest BCUT2D eigenvalue weighted by Crippen LogP contribution is 2.75. The van der Waals surface area contributed by atoms with E-state index in [1.165, 1.54) is 17.7 Å². The van der Waals surface area contributed by atoms with Gasteiger partial charge in [-0.3, -0.25) is 9.59 Å². The van der Waals surface area contributed by atoms with Gasteiger partial charge in [-0.2, -0.15) is 13.2 Å². The molecule has 1 amide bonds. The van der Waals surface area contributed by atoms with Crippen LogP contribution >= 0.6 is 0 Å². The number of hydrogen-bond acceptors (Lipinski definition) is 4. The van der Waals surface area contributed by atoms with E-state index >= 15 is 0 Å². The first kappa shape index (κ1) is 35.1. The van der Waals surface area contributed by atoms with Crippen molar-refractivity contribution < 1.29 is 27.9 Å². The molecule has 1 aromatic rings. The molecule has 5 nitrogen and oxygen atoms in total. The Kier molecular flexibility index (Phi) is 7.93. The fourth-order valence-corrected chi connectivity index (χ4v) is 12.9. The van der Waals surface area contributed by atoms with E-state index < -0.39 is 28.7 Å². The molecule has 1 aliphatic heterocycles. The van der Waals surface area contributed by atoms with Crippen molar-refractivity contribution in [3.8, 4) is 0 Å². The molecule has 0 bridgehead atoms. The Hall–Kier alpha value is -2.35. The Morgan fingerprint density at radius 1 is 0.857 bits per heavy atom. The number of amides is 1. The second-order valence-corrected chi connectivity index (χ2v) is 19.0. The maximum absolute atomic E-state index is 14.7. The first-order valence-electron chi connectivity index (χ1n) is 18.9. The zero-order chi connectivity index (χ0) is 35.6. The number of ketones is 1. The molecule has 49 heavy (non-hydrogen) atoms. The molecule has 4 saturated carbocycles. The fraction of sp³-hybridized carbons (Fsp3) is 0.756. The Bertz CT molecular complexity index is 1560. The number of halogens is 3. The minimum absolute atomic E-state index is 0.00204. The van der Waals surface area contributed by atoms with E-state index in [1.54, 1.807) is 11.0 Å². The normalized spacial score (nSPS) is 43.5. The summed E-state index contributed by atoms with van der Waals surface area (Å²) in [5.74, 6) is 0.432. The topological polar surface area (TPSA) is 60.9 Å². The fourth-order valence-electron chi connectivity index (χ4n) is 12.9. The lowest BCUT2D eigenvalue weighted by molar-refractivity contribution is -0.216. The maximum Gasteiger partial charge on any atom is 0.418 e. The molecular weight excluding hydrogens is 625 g/mol. The number of nitrogens with zero attached hydrogens (tertiary/aromatic N) is 2. The zero-order valence-corrected chi connectivity index (χ0v) is 30.7. The summed E-state index contributed by atoms with van der Waals surface area (Å²) in [6.45, 7) is 17.6. The van der Waals surface area contributed by atoms with Crippen molar-refractivity contribution in [2.24, 2.45) is 50.2 Å². The zero-order valence-electron chi connectivity index (χ0n) is 30.7. The molecule has 270 valence electrons. The van der Waals surface area contributed by atoms with Gasteiger partial charge in [-0.05, 0) is 109 Å². The van der Waals surface area contributed by atoms with Crippen LogP contribution in [0.1, 0.15) is 112 Å². The Labute approximate surface area is 291 Å². The predicted molar refractivity (Wildman–Crippen MR) is 186 cm³/mol. The highest BCUT2D eigenvalue weighted by Gasteiger charge is 2.71. The highest BCUT2D eigenvalue weighted by molar-refractivity contribution is 5.96. The number of hydrogen-bond donors (Lipinski definition) is 1. The molecule has 1 N–H and O–H groups in total. The first-order chi connectivity index (χ1) is 22.7. The average molecular weight is 683 g/mol. The van der Waals surface area contributed by atoms with E-state index in [4.69, 9.17) is 0 Å². The number of carbonyl (C=O) groups excluding carboxylic acids is 2. The van der Waals surface area contributed by atoms with Gasteiger partial charge >= 0.3 is 6.18 Å². The lowest BCUT2D eigenvalue weighted by atomic mass is 9.33. The summed E-state index contributed by atoms with van der Waals surface area (Å²) < 4.78 is 41.3. The summed E-state index contributed by atoms with van der Waals surface area (Å²) >= 11 is 0.